The number of carbonyl (C=O) groups excluding carboxylic acids is 1. The van der Waals surface area contributed by atoms with Gasteiger partial charge in [0.25, 0.3) is 0 Å². The first-order valence-corrected chi connectivity index (χ1v) is 5.94. The minimum atomic E-state index is -0.0568. The molecular weight excluding hydrogens is 250 g/mol. The summed E-state index contributed by atoms with van der Waals surface area (Å²) in [5, 5.41) is 13.0. The van der Waals surface area contributed by atoms with E-state index in [1.54, 1.807) is 6.07 Å². The highest BCUT2D eigenvalue weighted by Crippen LogP contribution is 2.29. The Morgan fingerprint density at radius 3 is 3.00 bits per heavy atom. The fourth-order valence-corrected chi connectivity index (χ4v) is 2.23. The molecule has 4 nitrogen and oxygen atoms in total. The normalized spacial score (nSPS) is 10.3. The molecular formula is C13H12ClN3O. The summed E-state index contributed by atoms with van der Waals surface area (Å²) >= 11 is 6.20. The summed E-state index contributed by atoms with van der Waals surface area (Å²) in [6.07, 6.45) is 2.54. The van der Waals surface area contributed by atoms with Crippen molar-refractivity contribution in [1.29, 1.82) is 5.26 Å². The highest BCUT2D eigenvalue weighted by molar-refractivity contribution is 6.36. The molecule has 0 radical (unpaired) electrons. The van der Waals surface area contributed by atoms with Crippen LogP contribution >= 0.6 is 11.6 Å². The third-order valence-electron chi connectivity index (χ3n) is 2.75. The van der Waals surface area contributed by atoms with E-state index in [1.165, 1.54) is 6.92 Å². The monoisotopic (exact) mass is 261 g/mol. The molecule has 18 heavy (non-hydrogen) atoms. The lowest BCUT2D eigenvalue weighted by molar-refractivity contribution is -0.118. The van der Waals surface area contributed by atoms with E-state index in [0.717, 1.165) is 16.5 Å². The number of aromatic amines is 1. The third kappa shape index (κ3) is 2.31. The van der Waals surface area contributed by atoms with Gasteiger partial charge >= 0.3 is 0 Å². The van der Waals surface area contributed by atoms with E-state index in [2.05, 4.69) is 16.4 Å². The van der Waals surface area contributed by atoms with Gasteiger partial charge in [0.05, 0.1) is 10.6 Å². The van der Waals surface area contributed by atoms with Crippen molar-refractivity contribution in [3.05, 3.63) is 34.5 Å². The molecule has 92 valence electrons. The number of aromatic nitrogens is 1. The van der Waals surface area contributed by atoms with Crippen LogP contribution in [0.1, 0.15) is 18.1 Å². The van der Waals surface area contributed by atoms with Crippen molar-refractivity contribution in [1.82, 2.24) is 10.3 Å². The van der Waals surface area contributed by atoms with E-state index in [0.29, 0.717) is 23.6 Å². The molecule has 0 atom stereocenters. The number of rotatable bonds is 3. The Balaban J connectivity index is 2.34. The minimum absolute atomic E-state index is 0.0568. The van der Waals surface area contributed by atoms with Crippen molar-refractivity contribution in [3.63, 3.8) is 0 Å². The summed E-state index contributed by atoms with van der Waals surface area (Å²) < 4.78 is 0. The average molecular weight is 262 g/mol. The van der Waals surface area contributed by atoms with Gasteiger partial charge < -0.3 is 10.3 Å². The number of hydrogen-bond acceptors (Lipinski definition) is 2. The van der Waals surface area contributed by atoms with Crippen LogP contribution in [0.3, 0.4) is 0 Å². The largest absolute Gasteiger partial charge is 0.361 e. The molecule has 0 aliphatic heterocycles. The first kappa shape index (κ1) is 12.5. The molecule has 5 heteroatoms. The molecule has 0 saturated carbocycles. The van der Waals surface area contributed by atoms with Gasteiger partial charge in [-0.2, -0.15) is 5.26 Å². The van der Waals surface area contributed by atoms with Gasteiger partial charge in [0.2, 0.25) is 5.91 Å². The second kappa shape index (κ2) is 5.11. The molecule has 0 saturated heterocycles. The minimum Gasteiger partial charge on any atom is -0.361 e. The molecule has 0 aliphatic carbocycles. The van der Waals surface area contributed by atoms with E-state index in [9.17, 15) is 4.79 Å². The molecule has 0 aliphatic rings. The van der Waals surface area contributed by atoms with Gasteiger partial charge in [-0.1, -0.05) is 11.6 Å². The smallest absolute Gasteiger partial charge is 0.216 e. The number of halogens is 1. The maximum absolute atomic E-state index is 10.8. The molecule has 1 amide bonds. The number of amides is 1. The summed E-state index contributed by atoms with van der Waals surface area (Å²) in [5.74, 6) is -0.0568. The Morgan fingerprint density at radius 2 is 2.33 bits per heavy atom. The molecule has 0 bridgehead atoms. The van der Waals surface area contributed by atoms with Crippen LogP contribution in [0, 0.1) is 11.3 Å². The number of carbonyl (C=O) groups is 1. The van der Waals surface area contributed by atoms with Crippen LogP contribution in [0.4, 0.5) is 0 Å². The molecule has 0 spiro atoms. The number of benzene rings is 1. The predicted octanol–water partition coefficient (Wildman–Crippen LogP) is 2.37. The number of nitrogens with zero attached hydrogens (tertiary/aromatic N) is 1. The van der Waals surface area contributed by atoms with Crippen molar-refractivity contribution in [3.8, 4) is 6.07 Å². The summed E-state index contributed by atoms with van der Waals surface area (Å²) in [4.78, 5) is 13.9. The van der Waals surface area contributed by atoms with Crippen molar-refractivity contribution in [2.75, 3.05) is 6.54 Å². The number of fused-ring (bicyclic) bond motifs is 1. The zero-order valence-electron chi connectivity index (χ0n) is 9.88. The van der Waals surface area contributed by atoms with Gasteiger partial charge in [-0.05, 0) is 24.1 Å². The van der Waals surface area contributed by atoms with E-state index >= 15 is 0 Å². The van der Waals surface area contributed by atoms with E-state index in [-0.39, 0.29) is 5.91 Å². The fraction of sp³-hybridized carbons (Fsp3) is 0.231. The van der Waals surface area contributed by atoms with E-state index in [4.69, 9.17) is 16.9 Å². The number of hydrogen-bond donors (Lipinski definition) is 2. The molecule has 2 rings (SSSR count). The lowest BCUT2D eigenvalue weighted by Gasteiger charge is -2.03. The maximum atomic E-state index is 10.8. The van der Waals surface area contributed by atoms with Crippen LogP contribution < -0.4 is 5.32 Å². The van der Waals surface area contributed by atoms with Gasteiger partial charge in [-0.15, -0.1) is 0 Å². The van der Waals surface area contributed by atoms with Crippen molar-refractivity contribution in [2.24, 2.45) is 0 Å². The number of nitriles is 1. The van der Waals surface area contributed by atoms with Gasteiger partial charge in [0.1, 0.15) is 6.07 Å². The Labute approximate surface area is 110 Å². The topological polar surface area (TPSA) is 68.7 Å². The van der Waals surface area contributed by atoms with E-state index in [1.807, 2.05) is 12.3 Å². The Kier molecular flexibility index (Phi) is 3.54. The second-order valence-electron chi connectivity index (χ2n) is 4.01. The number of H-pyrrole nitrogens is 1. The zero-order valence-corrected chi connectivity index (χ0v) is 10.6. The molecule has 0 fully saturated rings. The Morgan fingerprint density at radius 1 is 1.56 bits per heavy atom. The standard InChI is InChI=1S/C13H12ClN3O/c1-8(18)16-5-4-10-7-17-11-3-2-9(6-15)13(14)12(10)11/h2-3,7,17H,4-5H2,1H3,(H,16,18). The molecule has 2 N–H and O–H groups in total. The predicted molar refractivity (Wildman–Crippen MR) is 70.4 cm³/mol. The van der Waals surface area contributed by atoms with Crippen molar-refractivity contribution in [2.45, 2.75) is 13.3 Å². The Bertz CT molecular complexity index is 639. The molecule has 0 unspecified atom stereocenters. The fourth-order valence-electron chi connectivity index (χ4n) is 1.90. The van der Waals surface area contributed by atoms with Crippen LogP contribution in [-0.2, 0) is 11.2 Å². The SMILES string of the molecule is CC(=O)NCCc1c[nH]c2ccc(C#N)c(Cl)c12. The maximum Gasteiger partial charge on any atom is 0.216 e. The van der Waals surface area contributed by atoms with E-state index < -0.39 is 0 Å². The number of nitrogens with one attached hydrogen (secondary N) is 2. The van der Waals surface area contributed by atoms with Crippen LogP contribution in [0.15, 0.2) is 18.3 Å². The molecule has 1 aromatic heterocycles. The van der Waals surface area contributed by atoms with Gasteiger partial charge in [-0.3, -0.25) is 4.79 Å². The summed E-state index contributed by atoms with van der Waals surface area (Å²) in [6.45, 7) is 2.03. The molecule has 1 aromatic carbocycles. The van der Waals surface area contributed by atoms with Crippen LogP contribution in [0.5, 0.6) is 0 Å². The van der Waals surface area contributed by atoms with Crippen LogP contribution in [-0.4, -0.2) is 17.4 Å². The Hall–Kier alpha value is -1.99. The lowest BCUT2D eigenvalue weighted by atomic mass is 10.1. The lowest BCUT2D eigenvalue weighted by Crippen LogP contribution is -2.22. The van der Waals surface area contributed by atoms with Crippen molar-refractivity contribution >= 4 is 28.4 Å². The van der Waals surface area contributed by atoms with Crippen LogP contribution in [0.25, 0.3) is 10.9 Å². The van der Waals surface area contributed by atoms with Gasteiger partial charge in [0.15, 0.2) is 0 Å². The summed E-state index contributed by atoms with van der Waals surface area (Å²) in [6, 6.07) is 5.59. The summed E-state index contributed by atoms with van der Waals surface area (Å²) in [7, 11) is 0. The highest BCUT2D eigenvalue weighted by Gasteiger charge is 2.11. The highest BCUT2D eigenvalue weighted by atomic mass is 35.5. The second-order valence-corrected chi connectivity index (χ2v) is 4.39. The summed E-state index contributed by atoms with van der Waals surface area (Å²) in [5.41, 5.74) is 2.36. The van der Waals surface area contributed by atoms with Gasteiger partial charge in [0, 0.05) is 30.6 Å². The van der Waals surface area contributed by atoms with Crippen LogP contribution in [0.2, 0.25) is 5.02 Å². The van der Waals surface area contributed by atoms with Crippen molar-refractivity contribution < 1.29 is 4.79 Å². The van der Waals surface area contributed by atoms with Gasteiger partial charge in [-0.25, -0.2) is 0 Å². The first-order chi connectivity index (χ1) is 8.63. The molecule has 1 heterocycles. The first-order valence-electron chi connectivity index (χ1n) is 5.56. The average Bonchev–Trinajstić information content (AvgIpc) is 2.73. The molecule has 2 aromatic rings. The zero-order chi connectivity index (χ0) is 13.1. The third-order valence-corrected chi connectivity index (χ3v) is 3.15. The quantitative estimate of drug-likeness (QED) is 0.891.